The van der Waals surface area contributed by atoms with Crippen LogP contribution in [-0.4, -0.2) is 41.6 Å². The largest absolute Gasteiger partial charge is 0.481 e. The first kappa shape index (κ1) is 24.3. The van der Waals surface area contributed by atoms with Gasteiger partial charge in [-0.1, -0.05) is 40.2 Å². The first-order valence-corrected chi connectivity index (χ1v) is 12.2. The number of anilines is 1. The van der Waals surface area contributed by atoms with Gasteiger partial charge >= 0.3 is 12.0 Å². The number of unbranched alkanes of at least 4 members (excludes halogenated alkanes) is 1. The summed E-state index contributed by atoms with van der Waals surface area (Å²) in [6.07, 6.45) is 6.06. The second-order valence-electron chi connectivity index (χ2n) is 8.24. The van der Waals surface area contributed by atoms with Crippen molar-refractivity contribution in [3.8, 4) is 0 Å². The Morgan fingerprint density at radius 2 is 1.78 bits per heavy atom. The average Bonchev–Trinajstić information content (AvgIpc) is 2.78. The number of benzene rings is 2. The van der Waals surface area contributed by atoms with E-state index in [0.29, 0.717) is 19.0 Å². The zero-order valence-electron chi connectivity index (χ0n) is 18.4. The third kappa shape index (κ3) is 7.64. The van der Waals surface area contributed by atoms with Crippen molar-refractivity contribution in [2.24, 2.45) is 0 Å². The number of hydrogen-bond acceptors (Lipinski definition) is 3. The maximum Gasteiger partial charge on any atom is 0.319 e. The van der Waals surface area contributed by atoms with Gasteiger partial charge in [0, 0.05) is 29.2 Å². The number of carboxylic acids is 1. The topological polar surface area (TPSA) is 81.7 Å². The molecule has 0 fully saturated rings. The molecule has 0 aliphatic heterocycles. The van der Waals surface area contributed by atoms with Crippen LogP contribution in [0.15, 0.2) is 53.0 Å². The molecule has 3 N–H and O–H groups in total. The molecular formula is C25H32BrN3O3. The Labute approximate surface area is 198 Å². The van der Waals surface area contributed by atoms with E-state index in [1.807, 2.05) is 24.3 Å². The van der Waals surface area contributed by atoms with Gasteiger partial charge in [0.05, 0.1) is 0 Å². The SMILES string of the molecule is O=C(O)CCCN(CCCCNC(=O)Nc1ccc(Br)cc1)C1CCCc2ccccc21. The second-order valence-corrected chi connectivity index (χ2v) is 9.15. The lowest BCUT2D eigenvalue weighted by Crippen LogP contribution is -2.34. The van der Waals surface area contributed by atoms with Crippen molar-refractivity contribution in [2.45, 2.75) is 51.0 Å². The van der Waals surface area contributed by atoms with Gasteiger partial charge in [0.15, 0.2) is 0 Å². The molecule has 172 valence electrons. The van der Waals surface area contributed by atoms with Crippen LogP contribution < -0.4 is 10.6 Å². The van der Waals surface area contributed by atoms with Crippen LogP contribution in [0.2, 0.25) is 0 Å². The molecule has 1 unspecified atom stereocenters. The van der Waals surface area contributed by atoms with Crippen LogP contribution in [0.25, 0.3) is 0 Å². The lowest BCUT2D eigenvalue weighted by molar-refractivity contribution is -0.137. The number of aliphatic carboxylic acids is 1. The molecular weight excluding hydrogens is 470 g/mol. The number of nitrogens with zero attached hydrogens (tertiary/aromatic N) is 1. The number of nitrogens with one attached hydrogen (secondary N) is 2. The summed E-state index contributed by atoms with van der Waals surface area (Å²) in [4.78, 5) is 25.5. The molecule has 0 spiro atoms. The monoisotopic (exact) mass is 501 g/mol. The van der Waals surface area contributed by atoms with Gasteiger partial charge in [-0.15, -0.1) is 0 Å². The highest BCUT2D eigenvalue weighted by Gasteiger charge is 2.25. The summed E-state index contributed by atoms with van der Waals surface area (Å²) in [6, 6.07) is 16.2. The Morgan fingerprint density at radius 1 is 1.03 bits per heavy atom. The van der Waals surface area contributed by atoms with Gasteiger partial charge in [-0.2, -0.15) is 0 Å². The molecule has 0 saturated carbocycles. The van der Waals surface area contributed by atoms with Crippen molar-refractivity contribution in [1.82, 2.24) is 10.2 Å². The molecule has 6 nitrogen and oxygen atoms in total. The van der Waals surface area contributed by atoms with Crippen LogP contribution in [-0.2, 0) is 11.2 Å². The molecule has 0 bridgehead atoms. The molecule has 2 aromatic rings. The van der Waals surface area contributed by atoms with Gasteiger partial charge in [-0.05, 0) is 87.0 Å². The predicted molar refractivity (Wildman–Crippen MR) is 131 cm³/mol. The lowest BCUT2D eigenvalue weighted by Gasteiger charge is -2.36. The average molecular weight is 502 g/mol. The Hall–Kier alpha value is -2.38. The van der Waals surface area contributed by atoms with Crippen LogP contribution >= 0.6 is 15.9 Å². The molecule has 7 heteroatoms. The van der Waals surface area contributed by atoms with Crippen molar-refractivity contribution < 1.29 is 14.7 Å². The van der Waals surface area contributed by atoms with E-state index in [9.17, 15) is 9.59 Å². The Kier molecular flexibility index (Phi) is 9.56. The van der Waals surface area contributed by atoms with Crippen LogP contribution in [0.3, 0.4) is 0 Å². The lowest BCUT2D eigenvalue weighted by atomic mass is 9.86. The molecule has 1 aliphatic rings. The maximum absolute atomic E-state index is 12.1. The summed E-state index contributed by atoms with van der Waals surface area (Å²) < 4.78 is 0.969. The van der Waals surface area contributed by atoms with Crippen molar-refractivity contribution in [3.63, 3.8) is 0 Å². The molecule has 1 atom stereocenters. The number of carbonyl (C=O) groups excluding carboxylic acids is 1. The Balaban J connectivity index is 1.47. The van der Waals surface area contributed by atoms with Crippen molar-refractivity contribution in [1.29, 1.82) is 0 Å². The van der Waals surface area contributed by atoms with Gasteiger partial charge < -0.3 is 15.7 Å². The first-order chi connectivity index (χ1) is 15.5. The third-order valence-electron chi connectivity index (χ3n) is 5.87. The third-order valence-corrected chi connectivity index (χ3v) is 6.40. The molecule has 2 amide bonds. The number of urea groups is 1. The highest BCUT2D eigenvalue weighted by Crippen LogP contribution is 2.34. The predicted octanol–water partition coefficient (Wildman–Crippen LogP) is 5.60. The van der Waals surface area contributed by atoms with E-state index in [1.165, 1.54) is 11.1 Å². The van der Waals surface area contributed by atoms with Gasteiger partial charge in [-0.3, -0.25) is 9.69 Å². The van der Waals surface area contributed by atoms with Crippen LogP contribution in [0.4, 0.5) is 10.5 Å². The molecule has 2 aromatic carbocycles. The summed E-state index contributed by atoms with van der Waals surface area (Å²) in [5, 5.41) is 14.8. The summed E-state index contributed by atoms with van der Waals surface area (Å²) in [5.74, 6) is -0.741. The molecule has 32 heavy (non-hydrogen) atoms. The second kappa shape index (κ2) is 12.6. The summed E-state index contributed by atoms with van der Waals surface area (Å²) in [7, 11) is 0. The molecule has 0 saturated heterocycles. The van der Waals surface area contributed by atoms with E-state index in [4.69, 9.17) is 5.11 Å². The number of aryl methyl sites for hydroxylation is 1. The number of rotatable bonds is 11. The maximum atomic E-state index is 12.1. The quantitative estimate of drug-likeness (QED) is 0.350. The number of amides is 2. The van der Waals surface area contributed by atoms with Gasteiger partial charge in [0.1, 0.15) is 0 Å². The van der Waals surface area contributed by atoms with E-state index in [2.05, 4.69) is 55.7 Å². The fourth-order valence-corrected chi connectivity index (χ4v) is 4.58. The van der Waals surface area contributed by atoms with Crippen molar-refractivity contribution >= 4 is 33.6 Å². The number of halogens is 1. The zero-order valence-corrected chi connectivity index (χ0v) is 19.9. The van der Waals surface area contributed by atoms with Gasteiger partial charge in [0.2, 0.25) is 0 Å². The minimum Gasteiger partial charge on any atom is -0.481 e. The van der Waals surface area contributed by atoms with Crippen molar-refractivity contribution in [3.05, 3.63) is 64.1 Å². The summed E-state index contributed by atoms with van der Waals surface area (Å²) >= 11 is 3.38. The van der Waals surface area contributed by atoms with Gasteiger partial charge in [0.25, 0.3) is 0 Å². The Bertz CT molecular complexity index is 888. The van der Waals surface area contributed by atoms with E-state index in [1.54, 1.807) is 0 Å². The number of carboxylic acid groups (broad SMARTS) is 1. The number of hydrogen-bond donors (Lipinski definition) is 3. The van der Waals surface area contributed by atoms with E-state index < -0.39 is 5.97 Å². The van der Waals surface area contributed by atoms with Crippen LogP contribution in [0, 0.1) is 0 Å². The van der Waals surface area contributed by atoms with E-state index >= 15 is 0 Å². The Morgan fingerprint density at radius 3 is 2.56 bits per heavy atom. The number of carbonyl (C=O) groups is 2. The highest BCUT2D eigenvalue weighted by atomic mass is 79.9. The first-order valence-electron chi connectivity index (χ1n) is 11.4. The minimum atomic E-state index is -0.741. The normalized spacial score (nSPS) is 15.2. The van der Waals surface area contributed by atoms with E-state index in [-0.39, 0.29) is 12.5 Å². The fourth-order valence-electron chi connectivity index (χ4n) is 4.31. The number of fused-ring (bicyclic) bond motifs is 1. The van der Waals surface area contributed by atoms with Gasteiger partial charge in [-0.25, -0.2) is 4.79 Å². The molecule has 3 rings (SSSR count). The minimum absolute atomic E-state index is 0.197. The molecule has 1 aliphatic carbocycles. The smallest absolute Gasteiger partial charge is 0.319 e. The molecule has 0 heterocycles. The van der Waals surface area contributed by atoms with Crippen LogP contribution in [0.1, 0.15) is 55.7 Å². The van der Waals surface area contributed by atoms with Crippen LogP contribution in [0.5, 0.6) is 0 Å². The standard InChI is InChI=1S/C25H32BrN3O3/c26-20-12-14-21(15-13-20)28-25(32)27-16-3-4-17-29(18-6-11-24(30)31)23-10-5-8-19-7-1-2-9-22(19)23/h1-2,7,9,12-15,23H,3-6,8,10-11,16-18H2,(H,30,31)(H2,27,28,32). The van der Waals surface area contributed by atoms with Crippen molar-refractivity contribution in [2.75, 3.05) is 25.0 Å². The molecule has 0 aromatic heterocycles. The summed E-state index contributed by atoms with van der Waals surface area (Å²) in [6.45, 7) is 2.28. The highest BCUT2D eigenvalue weighted by molar-refractivity contribution is 9.10. The van der Waals surface area contributed by atoms with E-state index in [0.717, 1.165) is 55.4 Å². The zero-order chi connectivity index (χ0) is 22.8. The molecule has 0 radical (unpaired) electrons. The fraction of sp³-hybridized carbons (Fsp3) is 0.440. The summed E-state index contributed by atoms with van der Waals surface area (Å²) in [5.41, 5.74) is 3.56.